The van der Waals surface area contributed by atoms with E-state index in [-0.39, 0.29) is 17.5 Å². The van der Waals surface area contributed by atoms with Crippen molar-refractivity contribution < 1.29 is 18.0 Å². The Morgan fingerprint density at radius 1 is 1.00 bits per heavy atom. The Balaban J connectivity index is 1.57. The van der Waals surface area contributed by atoms with Gasteiger partial charge in [0, 0.05) is 24.8 Å². The van der Waals surface area contributed by atoms with Crippen LogP contribution in [0.25, 0.3) is 0 Å². The van der Waals surface area contributed by atoms with Gasteiger partial charge in [-0.25, -0.2) is 8.42 Å². The minimum Gasteiger partial charge on any atom is -0.348 e. The van der Waals surface area contributed by atoms with Gasteiger partial charge in [0.1, 0.15) is 0 Å². The van der Waals surface area contributed by atoms with E-state index < -0.39 is 21.8 Å². The smallest absolute Gasteiger partial charge is 0.313 e. The number of anilines is 1. The molecule has 1 aliphatic rings. The molecule has 0 unspecified atom stereocenters. The quantitative estimate of drug-likeness (QED) is 0.690. The lowest BCUT2D eigenvalue weighted by Gasteiger charge is -2.34. The zero-order valence-electron chi connectivity index (χ0n) is 17.0. The van der Waals surface area contributed by atoms with Gasteiger partial charge in [0.05, 0.1) is 4.90 Å². The van der Waals surface area contributed by atoms with Gasteiger partial charge in [0.2, 0.25) is 10.0 Å². The lowest BCUT2D eigenvalue weighted by Crippen LogP contribution is -2.45. The number of nitrogens with zero attached hydrogens (tertiary/aromatic N) is 1. The van der Waals surface area contributed by atoms with Gasteiger partial charge in [0.15, 0.2) is 0 Å². The molecule has 0 saturated carbocycles. The molecular formula is C22H27N3O4S. The van der Waals surface area contributed by atoms with Crippen molar-refractivity contribution >= 4 is 27.5 Å². The van der Waals surface area contributed by atoms with Crippen LogP contribution < -0.4 is 10.6 Å². The number of aryl methyl sites for hydroxylation is 1. The summed E-state index contributed by atoms with van der Waals surface area (Å²) in [5.41, 5.74) is 1.45. The fourth-order valence-corrected chi connectivity index (χ4v) is 5.38. The van der Waals surface area contributed by atoms with Crippen molar-refractivity contribution in [2.24, 2.45) is 0 Å². The Morgan fingerprint density at radius 2 is 1.70 bits per heavy atom. The summed E-state index contributed by atoms with van der Waals surface area (Å²) in [5.74, 6) is -1.46. The molecule has 8 heteroatoms. The largest absolute Gasteiger partial charge is 0.348 e. The lowest BCUT2D eigenvalue weighted by molar-refractivity contribution is -0.136. The molecule has 1 aliphatic heterocycles. The maximum absolute atomic E-state index is 13.0. The van der Waals surface area contributed by atoms with Crippen LogP contribution in [0.1, 0.15) is 31.2 Å². The highest BCUT2D eigenvalue weighted by Crippen LogP contribution is 2.26. The van der Waals surface area contributed by atoms with Crippen molar-refractivity contribution in [2.45, 2.75) is 43.5 Å². The number of piperidine rings is 1. The number of hydrogen-bond donors (Lipinski definition) is 2. The van der Waals surface area contributed by atoms with Gasteiger partial charge in [-0.3, -0.25) is 9.59 Å². The van der Waals surface area contributed by atoms with E-state index in [1.54, 1.807) is 42.5 Å². The van der Waals surface area contributed by atoms with E-state index in [1.165, 1.54) is 4.31 Å². The number of amides is 2. The van der Waals surface area contributed by atoms with Crippen molar-refractivity contribution in [2.75, 3.05) is 18.4 Å². The summed E-state index contributed by atoms with van der Waals surface area (Å²) in [4.78, 5) is 24.5. The van der Waals surface area contributed by atoms with Crippen LogP contribution in [0.5, 0.6) is 0 Å². The molecule has 7 nitrogen and oxygen atoms in total. The van der Waals surface area contributed by atoms with Crippen molar-refractivity contribution in [3.63, 3.8) is 0 Å². The van der Waals surface area contributed by atoms with Crippen LogP contribution in [-0.4, -0.2) is 43.7 Å². The minimum atomic E-state index is -3.58. The molecule has 1 fully saturated rings. The summed E-state index contributed by atoms with van der Waals surface area (Å²) in [5, 5.41) is 5.20. The molecule has 0 radical (unpaired) electrons. The van der Waals surface area contributed by atoms with Gasteiger partial charge >= 0.3 is 11.8 Å². The standard InChI is InChI=1S/C22H27N3O4S/c1-17-9-5-6-13-20(17)24-22(27)21(26)23-15-14-18-10-7-8-16-25(18)30(28,29)19-11-3-2-4-12-19/h2-6,9,11-13,18H,7-8,10,14-16H2,1H3,(H,23,26)(H,24,27)/t18-/m0/s1. The summed E-state index contributed by atoms with van der Waals surface area (Å²) in [6.45, 7) is 2.54. The van der Waals surface area contributed by atoms with Crippen LogP contribution in [0, 0.1) is 6.92 Å². The SMILES string of the molecule is Cc1ccccc1NC(=O)C(=O)NCC[C@@H]1CCCCN1S(=O)(=O)c1ccccc1. The fourth-order valence-electron chi connectivity index (χ4n) is 3.63. The lowest BCUT2D eigenvalue weighted by atomic mass is 10.0. The normalized spacial score (nSPS) is 17.3. The van der Waals surface area contributed by atoms with Crippen LogP contribution in [0.2, 0.25) is 0 Å². The van der Waals surface area contributed by atoms with Crippen molar-refractivity contribution in [3.05, 3.63) is 60.2 Å². The minimum absolute atomic E-state index is 0.205. The van der Waals surface area contributed by atoms with E-state index in [4.69, 9.17) is 0 Å². The summed E-state index contributed by atoms with van der Waals surface area (Å²) in [7, 11) is -3.58. The molecular weight excluding hydrogens is 402 g/mol. The van der Waals surface area contributed by atoms with Crippen LogP contribution in [0.4, 0.5) is 5.69 Å². The number of benzene rings is 2. The van der Waals surface area contributed by atoms with Crippen LogP contribution in [0.15, 0.2) is 59.5 Å². The first-order valence-electron chi connectivity index (χ1n) is 10.1. The molecule has 0 bridgehead atoms. The third kappa shape index (κ3) is 5.25. The molecule has 30 heavy (non-hydrogen) atoms. The molecule has 2 aromatic carbocycles. The topological polar surface area (TPSA) is 95.6 Å². The molecule has 0 spiro atoms. The van der Waals surface area contributed by atoms with Gasteiger partial charge in [-0.05, 0) is 49.9 Å². The second kappa shape index (κ2) is 9.86. The summed E-state index contributed by atoms with van der Waals surface area (Å²) < 4.78 is 27.6. The molecule has 2 aromatic rings. The summed E-state index contributed by atoms with van der Waals surface area (Å²) in [6.07, 6.45) is 2.94. The first-order valence-corrected chi connectivity index (χ1v) is 11.6. The zero-order chi connectivity index (χ0) is 21.6. The molecule has 0 aliphatic carbocycles. The first kappa shape index (κ1) is 22.0. The number of hydrogen-bond acceptors (Lipinski definition) is 4. The van der Waals surface area contributed by atoms with Gasteiger partial charge < -0.3 is 10.6 Å². The second-order valence-corrected chi connectivity index (χ2v) is 9.28. The molecule has 2 N–H and O–H groups in total. The highest BCUT2D eigenvalue weighted by Gasteiger charge is 2.33. The van der Waals surface area contributed by atoms with E-state index in [9.17, 15) is 18.0 Å². The predicted molar refractivity (Wildman–Crippen MR) is 115 cm³/mol. The highest BCUT2D eigenvalue weighted by molar-refractivity contribution is 7.89. The van der Waals surface area contributed by atoms with Crippen molar-refractivity contribution in [1.82, 2.24) is 9.62 Å². The Kier molecular flexibility index (Phi) is 7.23. The number of rotatable bonds is 6. The van der Waals surface area contributed by atoms with Gasteiger partial charge in [-0.2, -0.15) is 4.31 Å². The third-order valence-electron chi connectivity index (χ3n) is 5.29. The summed E-state index contributed by atoms with van der Waals surface area (Å²) >= 11 is 0. The Morgan fingerprint density at radius 3 is 2.43 bits per heavy atom. The zero-order valence-corrected chi connectivity index (χ0v) is 17.8. The first-order chi connectivity index (χ1) is 14.4. The number of sulfonamides is 1. The fraction of sp³-hybridized carbons (Fsp3) is 0.364. The predicted octanol–water partition coefficient (Wildman–Crippen LogP) is 2.68. The van der Waals surface area contributed by atoms with Gasteiger partial charge in [-0.15, -0.1) is 0 Å². The number of carbonyl (C=O) groups excluding carboxylic acids is 2. The molecule has 2 amide bonds. The Labute approximate surface area is 177 Å². The monoisotopic (exact) mass is 429 g/mol. The Hall–Kier alpha value is -2.71. The van der Waals surface area contributed by atoms with E-state index in [2.05, 4.69) is 10.6 Å². The van der Waals surface area contributed by atoms with Gasteiger partial charge in [0.25, 0.3) is 0 Å². The van der Waals surface area contributed by atoms with E-state index >= 15 is 0 Å². The maximum atomic E-state index is 13.0. The number of carbonyl (C=O) groups is 2. The van der Waals surface area contributed by atoms with E-state index in [0.717, 1.165) is 24.8 Å². The Bertz CT molecular complexity index is 992. The van der Waals surface area contributed by atoms with E-state index in [0.29, 0.717) is 18.7 Å². The van der Waals surface area contributed by atoms with Crippen LogP contribution >= 0.6 is 0 Å². The number of nitrogens with one attached hydrogen (secondary N) is 2. The number of para-hydroxylation sites is 1. The van der Waals surface area contributed by atoms with Crippen LogP contribution in [-0.2, 0) is 19.6 Å². The molecule has 1 saturated heterocycles. The average molecular weight is 430 g/mol. The molecule has 3 rings (SSSR count). The average Bonchev–Trinajstić information content (AvgIpc) is 2.76. The molecule has 1 heterocycles. The highest BCUT2D eigenvalue weighted by atomic mass is 32.2. The molecule has 160 valence electrons. The van der Waals surface area contributed by atoms with E-state index in [1.807, 2.05) is 19.1 Å². The summed E-state index contributed by atoms with van der Waals surface area (Å²) in [6, 6.07) is 15.4. The van der Waals surface area contributed by atoms with Crippen molar-refractivity contribution in [1.29, 1.82) is 0 Å². The molecule has 1 atom stereocenters. The van der Waals surface area contributed by atoms with Crippen LogP contribution in [0.3, 0.4) is 0 Å². The third-order valence-corrected chi connectivity index (χ3v) is 7.25. The second-order valence-electron chi connectivity index (χ2n) is 7.39. The maximum Gasteiger partial charge on any atom is 0.313 e. The molecule has 0 aromatic heterocycles. The van der Waals surface area contributed by atoms with Crippen molar-refractivity contribution in [3.8, 4) is 0 Å². The van der Waals surface area contributed by atoms with Gasteiger partial charge in [-0.1, -0.05) is 42.8 Å².